The highest BCUT2D eigenvalue weighted by atomic mass is 15.0. The van der Waals surface area contributed by atoms with Gasteiger partial charge in [-0.2, -0.15) is 0 Å². The van der Waals surface area contributed by atoms with Crippen LogP contribution in [0.2, 0.25) is 0 Å². The van der Waals surface area contributed by atoms with Crippen LogP contribution in [0.15, 0.2) is 72.8 Å². The Hall–Kier alpha value is -2.58. The van der Waals surface area contributed by atoms with Crippen LogP contribution in [0, 0.1) is 0 Å². The molecule has 0 amide bonds. The van der Waals surface area contributed by atoms with E-state index in [0.29, 0.717) is 16.4 Å². The van der Waals surface area contributed by atoms with E-state index in [2.05, 4.69) is 83.4 Å². The number of hydrogen-bond donors (Lipinski definition) is 2. The normalized spacial score (nSPS) is 23.5. The maximum atomic E-state index is 3.74. The Bertz CT molecular complexity index is 1230. The number of aryl methyl sites for hydroxylation is 1. The zero-order chi connectivity index (χ0) is 28.3. The highest BCUT2D eigenvalue weighted by Crippen LogP contribution is 2.49. The third-order valence-corrected chi connectivity index (χ3v) is 12.0. The van der Waals surface area contributed by atoms with Gasteiger partial charge in [-0.05, 0) is 110 Å². The summed E-state index contributed by atoms with van der Waals surface area (Å²) in [5.74, 6) is 0. The smallest absolute Gasteiger partial charge is 0.0379 e. The minimum Gasteiger partial charge on any atom is -0.384 e. The molecule has 0 radical (unpaired) electrons. The van der Waals surface area contributed by atoms with Gasteiger partial charge >= 0.3 is 0 Å². The molecule has 222 valence electrons. The summed E-state index contributed by atoms with van der Waals surface area (Å²) in [6.07, 6.45) is 23.7. The predicted octanol–water partition coefficient (Wildman–Crippen LogP) is 9.45. The second-order valence-corrected chi connectivity index (χ2v) is 14.5. The van der Waals surface area contributed by atoms with Crippen molar-refractivity contribution in [3.8, 4) is 0 Å². The van der Waals surface area contributed by atoms with Gasteiger partial charge in [-0.1, -0.05) is 112 Å². The molecule has 1 saturated heterocycles. The summed E-state index contributed by atoms with van der Waals surface area (Å²) in [5.41, 5.74) is 11.0. The maximum Gasteiger partial charge on any atom is 0.0379 e. The molecular formula is C40H52N2. The Morgan fingerprint density at radius 2 is 1.05 bits per heavy atom. The Kier molecular flexibility index (Phi) is 8.19. The molecule has 3 aromatic carbocycles. The summed E-state index contributed by atoms with van der Waals surface area (Å²) in [7, 11) is 0. The molecule has 3 aromatic rings. The molecule has 2 aliphatic heterocycles. The third-order valence-electron chi connectivity index (χ3n) is 12.0. The van der Waals surface area contributed by atoms with Gasteiger partial charge in [-0.3, -0.25) is 0 Å². The minimum atomic E-state index is 0.432. The van der Waals surface area contributed by atoms with Crippen molar-refractivity contribution in [2.75, 3.05) is 18.4 Å². The SMILES string of the molecule is c1ccc2c(c1)CC1(CCCCN1)C2.c1ccc2c(c1)CCC21CCCCC1.c1ccc2c(c1)NCC21CCCCC1. The molecule has 2 heteroatoms. The van der Waals surface area contributed by atoms with Crippen LogP contribution in [0.25, 0.3) is 0 Å². The summed E-state index contributed by atoms with van der Waals surface area (Å²) < 4.78 is 0. The number of piperidine rings is 1. The monoisotopic (exact) mass is 560 g/mol. The molecule has 3 spiro atoms. The molecule has 0 unspecified atom stereocenters. The second-order valence-electron chi connectivity index (χ2n) is 14.5. The molecule has 2 heterocycles. The van der Waals surface area contributed by atoms with Crippen molar-refractivity contribution in [1.29, 1.82) is 0 Å². The van der Waals surface area contributed by atoms with Gasteiger partial charge in [-0.15, -0.1) is 0 Å². The number of rotatable bonds is 0. The molecule has 2 saturated carbocycles. The topological polar surface area (TPSA) is 24.1 Å². The standard InChI is InChI=1S/C14H18.2C13H17N/c1-4-9-14(10-5-1)11-8-12-6-2-3-7-13(12)14;1-4-8-13(9-5-1)10-14-12-7-3-2-6-11(12)13;1-2-6-12-10-13(9-11(12)5-1)7-3-4-8-14-13/h2-3,6-7H,1,4-5,8-11H2;2-3,6-7,14H,1,4-5,8-10H2;1-2,5-6,14H,3-4,7-10H2. The summed E-state index contributed by atoms with van der Waals surface area (Å²) in [5, 5.41) is 7.30. The second kappa shape index (κ2) is 12.2. The number of hydrogen-bond acceptors (Lipinski definition) is 2. The highest BCUT2D eigenvalue weighted by molar-refractivity contribution is 5.60. The number of anilines is 1. The van der Waals surface area contributed by atoms with E-state index < -0.39 is 0 Å². The molecule has 3 fully saturated rings. The van der Waals surface area contributed by atoms with Gasteiger partial charge in [0.05, 0.1) is 0 Å². The average molecular weight is 561 g/mol. The molecule has 0 atom stereocenters. The van der Waals surface area contributed by atoms with Crippen LogP contribution in [0.4, 0.5) is 5.69 Å². The molecular weight excluding hydrogens is 508 g/mol. The molecule has 6 aliphatic rings. The van der Waals surface area contributed by atoms with Gasteiger partial charge in [0.15, 0.2) is 0 Å². The van der Waals surface area contributed by atoms with Gasteiger partial charge < -0.3 is 10.6 Å². The van der Waals surface area contributed by atoms with E-state index in [1.54, 1.807) is 27.8 Å². The molecule has 4 aliphatic carbocycles. The van der Waals surface area contributed by atoms with Crippen molar-refractivity contribution in [2.45, 2.75) is 126 Å². The third kappa shape index (κ3) is 5.57. The Morgan fingerprint density at radius 3 is 1.71 bits per heavy atom. The quantitative estimate of drug-likeness (QED) is 0.286. The van der Waals surface area contributed by atoms with Gasteiger partial charge in [0, 0.05) is 23.2 Å². The molecule has 9 rings (SSSR count). The van der Waals surface area contributed by atoms with E-state index in [0.717, 1.165) is 0 Å². The molecule has 2 nitrogen and oxygen atoms in total. The van der Waals surface area contributed by atoms with E-state index in [-0.39, 0.29) is 0 Å². The summed E-state index contributed by atoms with van der Waals surface area (Å²) in [6.45, 7) is 2.39. The largest absolute Gasteiger partial charge is 0.384 e. The lowest BCUT2D eigenvalue weighted by Crippen LogP contribution is -2.49. The lowest BCUT2D eigenvalue weighted by atomic mass is 9.70. The van der Waals surface area contributed by atoms with Crippen molar-refractivity contribution in [3.63, 3.8) is 0 Å². The lowest BCUT2D eigenvalue weighted by molar-refractivity contribution is 0.265. The first-order valence-corrected chi connectivity index (χ1v) is 17.4. The van der Waals surface area contributed by atoms with Crippen molar-refractivity contribution < 1.29 is 0 Å². The summed E-state index contributed by atoms with van der Waals surface area (Å²) in [6, 6.07) is 26.9. The molecule has 2 N–H and O–H groups in total. The Morgan fingerprint density at radius 1 is 0.476 bits per heavy atom. The summed E-state index contributed by atoms with van der Waals surface area (Å²) in [4.78, 5) is 0. The van der Waals surface area contributed by atoms with Crippen LogP contribution in [-0.2, 0) is 30.1 Å². The fraction of sp³-hybridized carbons (Fsp3) is 0.550. The fourth-order valence-electron chi connectivity index (χ4n) is 9.67. The lowest BCUT2D eigenvalue weighted by Gasteiger charge is -2.34. The molecule has 42 heavy (non-hydrogen) atoms. The first kappa shape index (κ1) is 28.2. The zero-order valence-electron chi connectivity index (χ0n) is 25.9. The van der Waals surface area contributed by atoms with Crippen LogP contribution >= 0.6 is 0 Å². The van der Waals surface area contributed by atoms with E-state index in [1.807, 2.05) is 0 Å². The first-order chi connectivity index (χ1) is 20.7. The van der Waals surface area contributed by atoms with Crippen LogP contribution in [0.5, 0.6) is 0 Å². The Labute approximate surface area is 255 Å². The van der Waals surface area contributed by atoms with Crippen LogP contribution in [-0.4, -0.2) is 18.6 Å². The van der Waals surface area contributed by atoms with Gasteiger partial charge in [-0.25, -0.2) is 0 Å². The van der Waals surface area contributed by atoms with Gasteiger partial charge in [0.1, 0.15) is 0 Å². The Balaban J connectivity index is 0.000000103. The van der Waals surface area contributed by atoms with E-state index in [1.165, 1.54) is 128 Å². The predicted molar refractivity (Wildman–Crippen MR) is 178 cm³/mol. The number of benzene rings is 3. The number of para-hydroxylation sites is 1. The molecule has 0 bridgehead atoms. The van der Waals surface area contributed by atoms with Gasteiger partial charge in [0.2, 0.25) is 0 Å². The van der Waals surface area contributed by atoms with Crippen LogP contribution in [0.1, 0.15) is 118 Å². The van der Waals surface area contributed by atoms with E-state index in [4.69, 9.17) is 0 Å². The fourth-order valence-corrected chi connectivity index (χ4v) is 9.67. The minimum absolute atomic E-state index is 0.432. The summed E-state index contributed by atoms with van der Waals surface area (Å²) >= 11 is 0. The van der Waals surface area contributed by atoms with E-state index >= 15 is 0 Å². The zero-order valence-corrected chi connectivity index (χ0v) is 25.9. The van der Waals surface area contributed by atoms with Crippen LogP contribution < -0.4 is 10.6 Å². The van der Waals surface area contributed by atoms with Gasteiger partial charge in [0.25, 0.3) is 0 Å². The van der Waals surface area contributed by atoms with Crippen LogP contribution in [0.3, 0.4) is 0 Å². The van der Waals surface area contributed by atoms with Crippen molar-refractivity contribution in [2.24, 2.45) is 0 Å². The number of fused-ring (bicyclic) bond motifs is 5. The van der Waals surface area contributed by atoms with E-state index in [9.17, 15) is 0 Å². The maximum absolute atomic E-state index is 3.74. The highest BCUT2D eigenvalue weighted by Gasteiger charge is 2.40. The van der Waals surface area contributed by atoms with Crippen molar-refractivity contribution in [1.82, 2.24) is 5.32 Å². The van der Waals surface area contributed by atoms with Crippen molar-refractivity contribution in [3.05, 3.63) is 101 Å². The van der Waals surface area contributed by atoms with Crippen molar-refractivity contribution >= 4 is 5.69 Å². The first-order valence-electron chi connectivity index (χ1n) is 17.4. The number of nitrogens with one attached hydrogen (secondary N) is 2. The average Bonchev–Trinajstić information content (AvgIpc) is 3.71. The molecule has 0 aromatic heterocycles.